The molecule has 2 heterocycles. The maximum Gasteiger partial charge on any atom is 0.321 e. The van der Waals surface area contributed by atoms with E-state index in [9.17, 15) is 4.79 Å². The lowest BCUT2D eigenvalue weighted by Gasteiger charge is -2.37. The lowest BCUT2D eigenvalue weighted by molar-refractivity contribution is -0.157. The maximum absolute atomic E-state index is 14.9. The van der Waals surface area contributed by atoms with Crippen LogP contribution < -0.4 is 0 Å². The van der Waals surface area contributed by atoms with E-state index in [-0.39, 0.29) is 30.3 Å². The minimum Gasteiger partial charge on any atom is -0.342 e. The zero-order valence-corrected chi connectivity index (χ0v) is 23.8. The van der Waals surface area contributed by atoms with Crippen LogP contribution in [0.15, 0.2) is 121 Å². The number of benzene rings is 4. The maximum atomic E-state index is 14.9. The van der Waals surface area contributed by atoms with Gasteiger partial charge >= 0.3 is 6.03 Å². The third-order valence-electron chi connectivity index (χ3n) is 8.18. The quantitative estimate of drug-likeness (QED) is 0.242. The zero-order chi connectivity index (χ0) is 28.2. The molecule has 0 saturated carbocycles. The Balaban J connectivity index is 1.48. The molecule has 5 heteroatoms. The van der Waals surface area contributed by atoms with E-state index in [1.165, 1.54) is 11.1 Å². The summed E-state index contributed by atoms with van der Waals surface area (Å²) in [5, 5.41) is 0. The summed E-state index contributed by atoms with van der Waals surface area (Å²) in [6.07, 6.45) is 0.758. The zero-order valence-electron chi connectivity index (χ0n) is 23.8. The van der Waals surface area contributed by atoms with Crippen molar-refractivity contribution in [2.75, 3.05) is 0 Å². The Morgan fingerprint density at radius 3 is 1.20 bits per heavy atom. The molecule has 0 N–H and O–H groups in total. The Labute approximate surface area is 243 Å². The van der Waals surface area contributed by atoms with Crippen LogP contribution in [-0.2, 0) is 35.4 Å². The van der Waals surface area contributed by atoms with Gasteiger partial charge in [-0.3, -0.25) is 0 Å². The van der Waals surface area contributed by atoms with Gasteiger partial charge in [0.25, 0.3) is 0 Å². The number of ether oxygens (including phenoxy) is 2. The van der Waals surface area contributed by atoms with Gasteiger partial charge in [-0.15, -0.1) is 0 Å². The van der Waals surface area contributed by atoms with Gasteiger partial charge in [0.15, 0.2) is 5.79 Å². The molecule has 2 fully saturated rings. The van der Waals surface area contributed by atoms with Crippen molar-refractivity contribution in [3.8, 4) is 0 Å². The molecule has 0 unspecified atom stereocenters. The number of rotatable bonds is 8. The van der Waals surface area contributed by atoms with Crippen LogP contribution in [0.1, 0.15) is 36.1 Å². The standard InChI is InChI=1S/C36H38N2O3/c1-36(2)40-33-31(23-27-15-7-3-8-16-27)37(25-29-19-11-5-12-20-29)35(39)38(26-30-21-13-6-14-22-30)32(34(33)41-36)24-28-17-9-4-10-18-28/h3-22,31-34H,23-26H2,1-2H3/t31-,32-,33+,34+/m1/s1. The molecule has 4 atom stereocenters. The highest BCUT2D eigenvalue weighted by molar-refractivity contribution is 5.76. The van der Waals surface area contributed by atoms with E-state index in [4.69, 9.17) is 9.47 Å². The summed E-state index contributed by atoms with van der Waals surface area (Å²) in [6, 6.07) is 40.9. The highest BCUT2D eigenvalue weighted by Gasteiger charge is 2.55. The molecular weight excluding hydrogens is 508 g/mol. The number of carbonyl (C=O) groups excluding carboxylic acids is 1. The van der Waals surface area contributed by atoms with E-state index in [2.05, 4.69) is 72.8 Å². The van der Waals surface area contributed by atoms with Gasteiger partial charge in [-0.05, 0) is 48.9 Å². The number of fused-ring (bicyclic) bond motifs is 1. The van der Waals surface area contributed by atoms with E-state index < -0.39 is 5.79 Å². The topological polar surface area (TPSA) is 42.0 Å². The Bertz CT molecular complexity index is 1310. The molecule has 4 aromatic carbocycles. The molecule has 4 aromatic rings. The Hall–Kier alpha value is -3.93. The van der Waals surface area contributed by atoms with Gasteiger partial charge in [0.1, 0.15) is 12.2 Å². The first-order valence-corrected chi connectivity index (χ1v) is 14.6. The van der Waals surface area contributed by atoms with Crippen LogP contribution in [-0.4, -0.2) is 45.9 Å². The second kappa shape index (κ2) is 11.9. The highest BCUT2D eigenvalue weighted by atomic mass is 16.8. The van der Waals surface area contributed by atoms with E-state index in [0.717, 1.165) is 11.1 Å². The average Bonchev–Trinajstić information content (AvgIpc) is 3.30. The third kappa shape index (κ3) is 6.22. The van der Waals surface area contributed by atoms with E-state index in [1.54, 1.807) is 0 Å². The number of nitrogens with zero attached hydrogens (tertiary/aromatic N) is 2. The second-order valence-electron chi connectivity index (χ2n) is 11.6. The first kappa shape index (κ1) is 27.3. The van der Waals surface area contributed by atoms with E-state index >= 15 is 0 Å². The van der Waals surface area contributed by atoms with Crippen molar-refractivity contribution in [3.05, 3.63) is 144 Å². The predicted octanol–water partition coefficient (Wildman–Crippen LogP) is 6.87. The Morgan fingerprint density at radius 2 is 0.854 bits per heavy atom. The molecule has 2 saturated heterocycles. The number of urea groups is 1. The highest BCUT2D eigenvalue weighted by Crippen LogP contribution is 2.40. The smallest absolute Gasteiger partial charge is 0.321 e. The minimum absolute atomic E-state index is 0.0129. The van der Waals surface area contributed by atoms with E-state index in [0.29, 0.717) is 25.9 Å². The van der Waals surface area contributed by atoms with Crippen LogP contribution in [0, 0.1) is 0 Å². The van der Waals surface area contributed by atoms with Gasteiger partial charge in [0, 0.05) is 13.1 Å². The van der Waals surface area contributed by atoms with Crippen molar-refractivity contribution in [3.63, 3.8) is 0 Å². The van der Waals surface area contributed by atoms with Crippen LogP contribution in [0.25, 0.3) is 0 Å². The summed E-state index contributed by atoms with van der Waals surface area (Å²) in [4.78, 5) is 19.0. The van der Waals surface area contributed by atoms with Crippen LogP contribution in [0.2, 0.25) is 0 Å². The lowest BCUT2D eigenvalue weighted by Crippen LogP contribution is -2.51. The Kier molecular flexibility index (Phi) is 7.91. The molecule has 5 nitrogen and oxygen atoms in total. The van der Waals surface area contributed by atoms with Gasteiger partial charge < -0.3 is 19.3 Å². The van der Waals surface area contributed by atoms with Crippen molar-refractivity contribution in [2.45, 2.75) is 69.9 Å². The lowest BCUT2D eigenvalue weighted by atomic mass is 9.91. The molecule has 0 radical (unpaired) electrons. The average molecular weight is 547 g/mol. The molecule has 0 aliphatic carbocycles. The molecule has 2 amide bonds. The summed E-state index contributed by atoms with van der Waals surface area (Å²) in [6.45, 7) is 4.97. The summed E-state index contributed by atoms with van der Waals surface area (Å²) >= 11 is 0. The monoisotopic (exact) mass is 546 g/mol. The summed E-state index contributed by atoms with van der Waals surface area (Å²) in [7, 11) is 0. The van der Waals surface area contributed by atoms with Gasteiger partial charge in [-0.25, -0.2) is 4.79 Å². The number of hydrogen-bond acceptors (Lipinski definition) is 3. The van der Waals surface area contributed by atoms with Gasteiger partial charge in [-0.1, -0.05) is 121 Å². The van der Waals surface area contributed by atoms with Gasteiger partial charge in [0.05, 0.1) is 12.1 Å². The summed E-state index contributed by atoms with van der Waals surface area (Å²) in [5.41, 5.74) is 4.53. The largest absolute Gasteiger partial charge is 0.342 e. The van der Waals surface area contributed by atoms with Crippen LogP contribution in [0.4, 0.5) is 4.79 Å². The molecule has 2 aliphatic heterocycles. The van der Waals surface area contributed by atoms with Crippen molar-refractivity contribution in [1.82, 2.24) is 9.80 Å². The van der Waals surface area contributed by atoms with E-state index in [1.807, 2.05) is 72.2 Å². The Morgan fingerprint density at radius 1 is 0.537 bits per heavy atom. The predicted molar refractivity (Wildman–Crippen MR) is 161 cm³/mol. The number of amides is 2. The van der Waals surface area contributed by atoms with Crippen LogP contribution >= 0.6 is 0 Å². The second-order valence-corrected chi connectivity index (χ2v) is 11.6. The summed E-state index contributed by atoms with van der Waals surface area (Å²) in [5.74, 6) is -0.767. The van der Waals surface area contributed by atoms with Crippen molar-refractivity contribution >= 4 is 6.03 Å². The summed E-state index contributed by atoms with van der Waals surface area (Å²) < 4.78 is 13.5. The fourth-order valence-electron chi connectivity index (χ4n) is 6.31. The molecule has 0 spiro atoms. The SMILES string of the molecule is CC1(C)O[C@@H]2[C@@H](O1)[C@@H](Cc1ccccc1)N(Cc1ccccc1)C(=O)N(Cc1ccccc1)[C@@H]2Cc1ccccc1. The fourth-order valence-corrected chi connectivity index (χ4v) is 6.31. The third-order valence-corrected chi connectivity index (χ3v) is 8.18. The van der Waals surface area contributed by atoms with Gasteiger partial charge in [0.2, 0.25) is 0 Å². The molecule has 0 bridgehead atoms. The normalized spacial score (nSPS) is 23.7. The van der Waals surface area contributed by atoms with Crippen LogP contribution in [0.5, 0.6) is 0 Å². The van der Waals surface area contributed by atoms with Crippen molar-refractivity contribution in [1.29, 1.82) is 0 Å². The molecule has 0 aromatic heterocycles. The number of carbonyl (C=O) groups is 1. The van der Waals surface area contributed by atoms with Crippen molar-refractivity contribution in [2.24, 2.45) is 0 Å². The molecule has 41 heavy (non-hydrogen) atoms. The van der Waals surface area contributed by atoms with Gasteiger partial charge in [-0.2, -0.15) is 0 Å². The fraction of sp³-hybridized carbons (Fsp3) is 0.306. The molecular formula is C36H38N2O3. The molecule has 210 valence electrons. The first-order valence-electron chi connectivity index (χ1n) is 14.6. The minimum atomic E-state index is -0.767. The molecule has 2 aliphatic rings. The molecule has 6 rings (SSSR count). The van der Waals surface area contributed by atoms with Crippen molar-refractivity contribution < 1.29 is 14.3 Å². The number of hydrogen-bond donors (Lipinski definition) is 0. The van der Waals surface area contributed by atoms with Crippen LogP contribution in [0.3, 0.4) is 0 Å². The first-order chi connectivity index (χ1) is 20.0.